The lowest BCUT2D eigenvalue weighted by atomic mass is 10.2. The fourth-order valence-electron chi connectivity index (χ4n) is 3.41. The minimum atomic E-state index is 0.698. The number of nitriles is 2. The Hall–Kier alpha value is -3.56. The van der Waals surface area contributed by atoms with Gasteiger partial charge in [0, 0.05) is 39.0 Å². The number of hydrogen-bond donors (Lipinski definition) is 0. The van der Waals surface area contributed by atoms with E-state index < -0.39 is 0 Å². The summed E-state index contributed by atoms with van der Waals surface area (Å²) in [5, 5.41) is 22.9. The Balaban J connectivity index is 1.22. The zero-order valence-corrected chi connectivity index (χ0v) is 23.4. The lowest BCUT2D eigenvalue weighted by Crippen LogP contribution is -1.72. The number of hydrogen-bond acceptors (Lipinski definition) is 7. The van der Waals surface area contributed by atoms with E-state index in [2.05, 4.69) is 72.8 Å². The first-order chi connectivity index (χ1) is 18.2. The lowest BCUT2D eigenvalue weighted by Gasteiger charge is -1.92. The van der Waals surface area contributed by atoms with Gasteiger partial charge in [-0.05, 0) is 95.7 Å². The third-order valence-electron chi connectivity index (χ3n) is 5.15. The van der Waals surface area contributed by atoms with Crippen molar-refractivity contribution >= 4 is 104 Å². The van der Waals surface area contributed by atoms with E-state index in [9.17, 15) is 10.5 Å². The summed E-state index contributed by atoms with van der Waals surface area (Å²) in [6.45, 7) is 0. The molecule has 0 saturated carbocycles. The summed E-state index contributed by atoms with van der Waals surface area (Å²) < 4.78 is 0. The molecule has 0 amide bonds. The summed E-state index contributed by atoms with van der Waals surface area (Å²) in [5.41, 5.74) is 1.40. The minimum absolute atomic E-state index is 0.698. The fraction of sp³-hybridized carbons (Fsp3) is 0. The highest BCUT2D eigenvalue weighted by molar-refractivity contribution is 7.15. The third kappa shape index (κ3) is 6.61. The van der Waals surface area contributed by atoms with Gasteiger partial charge in [-0.2, -0.15) is 10.5 Å². The van der Waals surface area contributed by atoms with Crippen LogP contribution in [0.5, 0.6) is 0 Å². The molecule has 0 fully saturated rings. The zero-order chi connectivity index (χ0) is 25.5. The van der Waals surface area contributed by atoms with Gasteiger partial charge in [0.15, 0.2) is 0 Å². The van der Waals surface area contributed by atoms with Gasteiger partial charge in [0.25, 0.3) is 0 Å². The molecule has 5 heterocycles. The molecule has 0 aliphatic rings. The van der Waals surface area contributed by atoms with Crippen molar-refractivity contribution in [3.8, 4) is 12.1 Å². The smallest absolute Gasteiger partial charge is 0.101 e. The summed E-state index contributed by atoms with van der Waals surface area (Å²) in [6, 6.07) is 25.0. The average molecular weight is 567 g/mol. The fourth-order valence-corrected chi connectivity index (χ4v) is 7.33. The van der Waals surface area contributed by atoms with Crippen LogP contribution in [0.3, 0.4) is 0 Å². The molecule has 5 aromatic rings. The second kappa shape index (κ2) is 12.1. The Bertz CT molecular complexity index is 1560. The number of rotatable bonds is 8. The Kier molecular flexibility index (Phi) is 8.22. The first-order valence-electron chi connectivity index (χ1n) is 11.2. The first kappa shape index (κ1) is 25.1. The molecule has 0 bridgehead atoms. The van der Waals surface area contributed by atoms with Gasteiger partial charge in [-0.3, -0.25) is 0 Å². The monoisotopic (exact) mass is 566 g/mol. The van der Waals surface area contributed by atoms with Crippen molar-refractivity contribution in [2.24, 2.45) is 0 Å². The Morgan fingerprint density at radius 3 is 1.19 bits per heavy atom. The number of allylic oxidation sites excluding steroid dienone is 2. The van der Waals surface area contributed by atoms with Crippen molar-refractivity contribution in [1.82, 2.24) is 0 Å². The van der Waals surface area contributed by atoms with Crippen LogP contribution in [0.25, 0.3) is 47.6 Å². The lowest BCUT2D eigenvalue weighted by molar-refractivity contribution is 1.54. The van der Waals surface area contributed by atoms with Gasteiger partial charge < -0.3 is 0 Å². The van der Waals surface area contributed by atoms with Gasteiger partial charge in [-0.1, -0.05) is 12.1 Å². The normalized spacial score (nSPS) is 12.4. The zero-order valence-electron chi connectivity index (χ0n) is 19.3. The van der Waals surface area contributed by atoms with Crippen molar-refractivity contribution in [2.45, 2.75) is 0 Å². The van der Waals surface area contributed by atoms with E-state index in [-0.39, 0.29) is 0 Å². The molecule has 37 heavy (non-hydrogen) atoms. The highest BCUT2D eigenvalue weighted by atomic mass is 32.1. The summed E-state index contributed by atoms with van der Waals surface area (Å²) >= 11 is 8.24. The van der Waals surface area contributed by atoms with Gasteiger partial charge in [-0.15, -0.1) is 56.7 Å². The minimum Gasteiger partial charge on any atom is -0.192 e. The van der Waals surface area contributed by atoms with Crippen molar-refractivity contribution in [2.75, 3.05) is 0 Å². The maximum absolute atomic E-state index is 9.48. The van der Waals surface area contributed by atoms with Crippen LogP contribution < -0.4 is 0 Å². The molecule has 0 spiro atoms. The Morgan fingerprint density at radius 1 is 0.514 bits per heavy atom. The van der Waals surface area contributed by atoms with E-state index in [1.54, 1.807) is 56.7 Å². The predicted octanol–water partition coefficient (Wildman–Crippen LogP) is 10.5. The summed E-state index contributed by atoms with van der Waals surface area (Å²) in [6.07, 6.45) is 12.4. The Morgan fingerprint density at radius 2 is 0.865 bits per heavy atom. The van der Waals surface area contributed by atoms with Crippen LogP contribution in [0.1, 0.15) is 39.0 Å². The van der Waals surface area contributed by atoms with Crippen LogP contribution >= 0.6 is 56.7 Å². The molecular formula is C30H18N2S5. The van der Waals surface area contributed by atoms with Crippen LogP contribution in [0.2, 0.25) is 0 Å². The van der Waals surface area contributed by atoms with Gasteiger partial charge in [0.05, 0.1) is 11.1 Å². The van der Waals surface area contributed by atoms with Crippen LogP contribution in [0.15, 0.2) is 71.4 Å². The van der Waals surface area contributed by atoms with E-state index in [1.807, 2.05) is 47.2 Å². The average Bonchev–Trinajstić information content (AvgIpc) is 3.74. The van der Waals surface area contributed by atoms with Crippen LogP contribution in [0, 0.1) is 22.7 Å². The van der Waals surface area contributed by atoms with Crippen molar-refractivity contribution < 1.29 is 0 Å². The molecular weight excluding hydrogens is 549 g/mol. The first-order valence-corrected chi connectivity index (χ1v) is 15.4. The molecule has 0 unspecified atom stereocenters. The Labute approximate surface area is 236 Å². The number of nitrogens with zero attached hydrogens (tertiary/aromatic N) is 2. The molecule has 178 valence electrons. The maximum atomic E-state index is 9.48. The van der Waals surface area contributed by atoms with Crippen LogP contribution in [0.4, 0.5) is 0 Å². The van der Waals surface area contributed by atoms with Crippen molar-refractivity contribution in [3.05, 3.63) is 110 Å². The van der Waals surface area contributed by atoms with E-state index in [0.717, 1.165) is 29.3 Å². The molecule has 0 saturated heterocycles. The van der Waals surface area contributed by atoms with E-state index in [4.69, 9.17) is 0 Å². The molecule has 7 heteroatoms. The standard InChI is InChI=1S/C30H18N2S5/c31-19-21(29-3-1-15-33-29)17-27-13-11-25(36-27)9-7-23-5-6-24(35-23)8-10-26-12-14-28(37-26)18-22(20-32)30-4-2-16-34-30/h1-18H/b9-7+,10-8+,21-17+,22-18+. The van der Waals surface area contributed by atoms with E-state index in [1.165, 1.54) is 9.75 Å². The second-order valence-corrected chi connectivity index (χ2v) is 13.0. The molecule has 0 aliphatic carbocycles. The summed E-state index contributed by atoms with van der Waals surface area (Å²) in [5.74, 6) is 0. The molecule has 0 atom stereocenters. The van der Waals surface area contributed by atoms with Gasteiger partial charge in [0.1, 0.15) is 12.1 Å². The van der Waals surface area contributed by atoms with E-state index in [0.29, 0.717) is 11.1 Å². The van der Waals surface area contributed by atoms with Gasteiger partial charge in [-0.25, -0.2) is 0 Å². The SMILES string of the molecule is N#C/C(=C\c1ccc(/C=C/c2ccc(/C=C/c3ccc(/C=C(\C#N)c4cccs4)s3)s2)s1)c1cccs1. The topological polar surface area (TPSA) is 47.6 Å². The van der Waals surface area contributed by atoms with Crippen LogP contribution in [-0.2, 0) is 0 Å². The highest BCUT2D eigenvalue weighted by Gasteiger charge is 2.05. The second-order valence-electron chi connectivity index (χ2n) is 7.68. The number of thiophene rings is 5. The van der Waals surface area contributed by atoms with Crippen LogP contribution in [-0.4, -0.2) is 0 Å². The molecule has 0 radical (unpaired) electrons. The molecule has 0 aliphatic heterocycles. The largest absolute Gasteiger partial charge is 0.192 e. The summed E-state index contributed by atoms with van der Waals surface area (Å²) in [7, 11) is 0. The molecule has 5 rings (SSSR count). The van der Waals surface area contributed by atoms with Crippen molar-refractivity contribution in [3.63, 3.8) is 0 Å². The van der Waals surface area contributed by atoms with Crippen molar-refractivity contribution in [1.29, 1.82) is 10.5 Å². The van der Waals surface area contributed by atoms with Gasteiger partial charge in [0.2, 0.25) is 0 Å². The molecule has 0 N–H and O–H groups in total. The molecule has 5 aromatic heterocycles. The van der Waals surface area contributed by atoms with E-state index >= 15 is 0 Å². The molecule has 0 aromatic carbocycles. The maximum Gasteiger partial charge on any atom is 0.101 e. The van der Waals surface area contributed by atoms with Gasteiger partial charge >= 0.3 is 0 Å². The molecule has 2 nitrogen and oxygen atoms in total. The third-order valence-corrected chi connectivity index (χ3v) is 9.97. The quantitative estimate of drug-likeness (QED) is 0.175. The highest BCUT2D eigenvalue weighted by Crippen LogP contribution is 2.29. The summed E-state index contributed by atoms with van der Waals surface area (Å²) in [4.78, 5) is 8.80. The predicted molar refractivity (Wildman–Crippen MR) is 166 cm³/mol.